The Balaban J connectivity index is 0.000000593. The fraction of sp³-hybridized carbons (Fsp3) is 0.214. The van der Waals surface area contributed by atoms with E-state index < -0.39 is 23.9 Å². The number of H-pyrrole nitrogens is 1. The van der Waals surface area contributed by atoms with Crippen molar-refractivity contribution in [2.75, 3.05) is 6.54 Å². The third-order valence-electron chi connectivity index (χ3n) is 2.92. The lowest BCUT2D eigenvalue weighted by atomic mass is 10.1. The molecule has 0 fully saturated rings. The molecule has 0 aliphatic carbocycles. The zero-order chi connectivity index (χ0) is 17.4. The second kappa shape index (κ2) is 8.39. The number of carboxylic acids is 1. The van der Waals surface area contributed by atoms with Gasteiger partial charge in [0.2, 0.25) is 5.91 Å². The van der Waals surface area contributed by atoms with Gasteiger partial charge in [0.25, 0.3) is 0 Å². The Bertz CT molecular complexity index is 693. The predicted molar refractivity (Wildman–Crippen MR) is 84.4 cm³/mol. The third kappa shape index (κ3) is 5.67. The van der Waals surface area contributed by atoms with Gasteiger partial charge in [0, 0.05) is 23.5 Å². The maximum atomic E-state index is 11.2. The van der Waals surface area contributed by atoms with Gasteiger partial charge in [0.15, 0.2) is 0 Å². The van der Waals surface area contributed by atoms with Gasteiger partial charge in [0.05, 0.1) is 6.54 Å². The second-order valence-electron chi connectivity index (χ2n) is 4.63. The fourth-order valence-corrected chi connectivity index (χ4v) is 1.97. The van der Waals surface area contributed by atoms with Gasteiger partial charge < -0.3 is 32.6 Å². The van der Waals surface area contributed by atoms with Crippen molar-refractivity contribution in [2.24, 2.45) is 17.2 Å². The van der Waals surface area contributed by atoms with Gasteiger partial charge in [-0.1, -0.05) is 18.2 Å². The number of carboxylic acid groups (broad SMARTS) is 1. The number of hydrogen-bond acceptors (Lipinski definition) is 4. The summed E-state index contributed by atoms with van der Waals surface area (Å²) in [6.45, 7) is -0.225. The van der Waals surface area contributed by atoms with Crippen molar-refractivity contribution in [3.8, 4) is 0 Å². The van der Waals surface area contributed by atoms with Crippen LogP contribution < -0.4 is 22.5 Å². The largest absolute Gasteiger partial charge is 0.480 e. The zero-order valence-electron chi connectivity index (χ0n) is 12.3. The van der Waals surface area contributed by atoms with Crippen LogP contribution in [0.4, 0.5) is 4.79 Å². The van der Waals surface area contributed by atoms with E-state index in [1.165, 1.54) is 0 Å². The van der Waals surface area contributed by atoms with E-state index in [9.17, 15) is 9.59 Å². The molecule has 23 heavy (non-hydrogen) atoms. The van der Waals surface area contributed by atoms with E-state index in [1.807, 2.05) is 24.3 Å². The number of benzene rings is 1. The molecule has 9 nitrogen and oxygen atoms in total. The Kier molecular flexibility index (Phi) is 6.56. The molecule has 1 atom stereocenters. The van der Waals surface area contributed by atoms with E-state index in [0.29, 0.717) is 0 Å². The minimum Gasteiger partial charge on any atom is -0.480 e. The summed E-state index contributed by atoms with van der Waals surface area (Å²) in [4.78, 5) is 34.4. The number of amides is 3. The molecule has 1 aromatic carbocycles. The SMILES string of the molecule is NC(N)=O.NCC(=O)NC(Cc1c[nH]c2ccccc12)C(=O)O. The summed E-state index contributed by atoms with van der Waals surface area (Å²) in [5, 5.41) is 12.5. The van der Waals surface area contributed by atoms with Crippen molar-refractivity contribution in [2.45, 2.75) is 12.5 Å². The highest BCUT2D eigenvalue weighted by molar-refractivity contribution is 5.87. The maximum Gasteiger partial charge on any atom is 0.326 e. The number of hydrogen-bond donors (Lipinski definition) is 6. The van der Waals surface area contributed by atoms with Gasteiger partial charge in [0.1, 0.15) is 6.04 Å². The Morgan fingerprint density at radius 1 is 1.22 bits per heavy atom. The van der Waals surface area contributed by atoms with E-state index in [4.69, 9.17) is 15.6 Å². The van der Waals surface area contributed by atoms with E-state index in [0.717, 1.165) is 16.5 Å². The van der Waals surface area contributed by atoms with E-state index >= 15 is 0 Å². The first-order valence-corrected chi connectivity index (χ1v) is 6.67. The van der Waals surface area contributed by atoms with Crippen molar-refractivity contribution in [1.82, 2.24) is 10.3 Å². The van der Waals surface area contributed by atoms with Gasteiger partial charge >= 0.3 is 12.0 Å². The molecule has 1 aromatic heterocycles. The van der Waals surface area contributed by atoms with Crippen molar-refractivity contribution in [3.05, 3.63) is 36.0 Å². The average molecular weight is 321 g/mol. The molecular formula is C14H19N5O4. The molecule has 0 bridgehead atoms. The number of aromatic amines is 1. The van der Waals surface area contributed by atoms with Crippen LogP contribution in [0.1, 0.15) is 5.56 Å². The summed E-state index contributed by atoms with van der Waals surface area (Å²) < 4.78 is 0. The molecule has 1 heterocycles. The average Bonchev–Trinajstić information content (AvgIpc) is 2.89. The number of aliphatic carboxylic acids is 1. The Morgan fingerprint density at radius 2 is 1.83 bits per heavy atom. The lowest BCUT2D eigenvalue weighted by Crippen LogP contribution is -2.44. The number of nitrogens with two attached hydrogens (primary N) is 3. The Hall–Kier alpha value is -3.07. The number of carbonyl (C=O) groups excluding carboxylic acids is 2. The van der Waals surface area contributed by atoms with Crippen molar-refractivity contribution in [1.29, 1.82) is 0 Å². The molecule has 0 saturated carbocycles. The number of nitrogens with one attached hydrogen (secondary N) is 2. The molecule has 9 heteroatoms. The lowest BCUT2D eigenvalue weighted by molar-refractivity contribution is -0.141. The van der Waals surface area contributed by atoms with Crippen LogP contribution in [0.15, 0.2) is 30.5 Å². The normalized spacial score (nSPS) is 11.2. The number of fused-ring (bicyclic) bond motifs is 1. The molecule has 2 aromatic rings. The summed E-state index contributed by atoms with van der Waals surface area (Å²) >= 11 is 0. The molecule has 0 aliphatic rings. The lowest BCUT2D eigenvalue weighted by Gasteiger charge is -2.13. The highest BCUT2D eigenvalue weighted by Gasteiger charge is 2.21. The molecule has 3 amide bonds. The van der Waals surface area contributed by atoms with Gasteiger partial charge in [-0.3, -0.25) is 4.79 Å². The first-order valence-electron chi connectivity index (χ1n) is 6.67. The second-order valence-corrected chi connectivity index (χ2v) is 4.63. The third-order valence-corrected chi connectivity index (χ3v) is 2.92. The van der Waals surface area contributed by atoms with Crippen molar-refractivity contribution >= 4 is 28.8 Å². The quantitative estimate of drug-likeness (QED) is 0.424. The summed E-state index contributed by atoms with van der Waals surface area (Å²) in [7, 11) is 0. The van der Waals surface area contributed by atoms with Gasteiger partial charge in [-0.05, 0) is 11.6 Å². The number of urea groups is 1. The minimum atomic E-state index is -1.08. The summed E-state index contributed by atoms with van der Waals surface area (Å²) in [6.07, 6.45) is 1.97. The van der Waals surface area contributed by atoms with Gasteiger partial charge in [-0.25, -0.2) is 9.59 Å². The molecule has 0 spiro atoms. The van der Waals surface area contributed by atoms with E-state index in [1.54, 1.807) is 6.20 Å². The Morgan fingerprint density at radius 3 is 2.39 bits per heavy atom. The van der Waals surface area contributed by atoms with E-state index in [-0.39, 0.29) is 13.0 Å². The molecule has 0 radical (unpaired) electrons. The summed E-state index contributed by atoms with van der Waals surface area (Å²) in [6, 6.07) is 5.79. The molecular weight excluding hydrogens is 302 g/mol. The van der Waals surface area contributed by atoms with Crippen LogP contribution in [0.2, 0.25) is 0 Å². The van der Waals surface area contributed by atoms with Gasteiger partial charge in [-0.15, -0.1) is 0 Å². The molecule has 1 unspecified atom stereocenters. The minimum absolute atomic E-state index is 0.213. The van der Waals surface area contributed by atoms with Crippen LogP contribution in [0, 0.1) is 0 Å². The highest BCUT2D eigenvalue weighted by atomic mass is 16.4. The number of primary amides is 2. The molecule has 9 N–H and O–H groups in total. The van der Waals surface area contributed by atoms with Gasteiger partial charge in [-0.2, -0.15) is 0 Å². The summed E-state index contributed by atoms with van der Waals surface area (Å²) in [5.41, 5.74) is 15.5. The molecule has 0 saturated heterocycles. The first kappa shape index (κ1) is 18.0. The highest BCUT2D eigenvalue weighted by Crippen LogP contribution is 2.19. The van der Waals surface area contributed by atoms with Crippen LogP contribution in [0.3, 0.4) is 0 Å². The van der Waals surface area contributed by atoms with Crippen LogP contribution in [0.5, 0.6) is 0 Å². The monoisotopic (exact) mass is 321 g/mol. The van der Waals surface area contributed by atoms with Crippen molar-refractivity contribution < 1.29 is 19.5 Å². The summed E-state index contributed by atoms with van der Waals surface area (Å²) in [5.74, 6) is -1.56. The Labute approximate surface area is 131 Å². The van der Waals surface area contributed by atoms with Crippen LogP contribution >= 0.6 is 0 Å². The predicted octanol–water partition coefficient (Wildman–Crippen LogP) is -0.738. The van der Waals surface area contributed by atoms with Crippen LogP contribution in [-0.4, -0.2) is 40.6 Å². The number of rotatable bonds is 5. The zero-order valence-corrected chi connectivity index (χ0v) is 12.3. The fourth-order valence-electron chi connectivity index (χ4n) is 1.97. The van der Waals surface area contributed by atoms with Crippen LogP contribution in [-0.2, 0) is 16.0 Å². The smallest absolute Gasteiger partial charge is 0.326 e. The maximum absolute atomic E-state index is 11.2. The molecule has 0 aliphatic heterocycles. The standard InChI is InChI=1S/C13H15N3O3.CH4N2O/c14-6-12(17)16-11(13(18)19)5-8-7-15-10-4-2-1-3-9(8)10;2-1(3)4/h1-4,7,11,15H,5-6,14H2,(H,16,17)(H,18,19);(H4,2,3,4). The van der Waals surface area contributed by atoms with Crippen LogP contribution in [0.25, 0.3) is 10.9 Å². The first-order chi connectivity index (χ1) is 10.8. The number of carbonyl (C=O) groups is 3. The van der Waals surface area contributed by atoms with E-state index in [2.05, 4.69) is 21.8 Å². The topological polar surface area (TPSA) is 177 Å². The number of aromatic nitrogens is 1. The number of para-hydroxylation sites is 1. The van der Waals surface area contributed by atoms with Crippen molar-refractivity contribution in [3.63, 3.8) is 0 Å². The molecule has 124 valence electrons. The molecule has 2 rings (SSSR count).